The Labute approximate surface area is 102 Å². The molecule has 0 spiro atoms. The van der Waals surface area contributed by atoms with Crippen molar-refractivity contribution >= 4 is 27.0 Å². The number of benzene rings is 2. The Morgan fingerprint density at radius 2 is 1.88 bits per heavy atom. The monoisotopic (exact) mass is 273 g/mol. The Morgan fingerprint density at radius 1 is 1.00 bits per heavy atom. The summed E-state index contributed by atoms with van der Waals surface area (Å²) in [5.74, 6) is 0. The summed E-state index contributed by atoms with van der Waals surface area (Å²) in [6, 6.07) is 16.5. The summed E-state index contributed by atoms with van der Waals surface area (Å²) in [7, 11) is 0. The van der Waals surface area contributed by atoms with Crippen LogP contribution in [-0.2, 0) is 0 Å². The number of aromatic amines is 1. The van der Waals surface area contributed by atoms with Crippen molar-refractivity contribution in [3.8, 4) is 5.69 Å². The number of H-pyrrole nitrogens is 1. The topological polar surface area (TPSA) is 19.7 Å². The molecule has 0 atom stereocenters. The molecule has 0 amide bonds. The predicted octanol–water partition coefficient (Wildman–Crippen LogP) is 3.21. The number of fused-ring (bicyclic) bond motifs is 1. The molecule has 2 nitrogen and oxygen atoms in total. The van der Waals surface area contributed by atoms with Crippen molar-refractivity contribution in [1.29, 1.82) is 0 Å². The van der Waals surface area contributed by atoms with Gasteiger partial charge in [0.2, 0.25) is 6.33 Å². The first-order valence-electron chi connectivity index (χ1n) is 5.08. The maximum atomic E-state index is 3.49. The van der Waals surface area contributed by atoms with E-state index < -0.39 is 0 Å². The molecule has 0 aliphatic carbocycles. The molecular weight excluding hydrogens is 264 g/mol. The summed E-state index contributed by atoms with van der Waals surface area (Å²) < 4.78 is 3.22. The van der Waals surface area contributed by atoms with E-state index in [0.717, 1.165) is 15.7 Å². The minimum absolute atomic E-state index is 1.09. The second-order valence-corrected chi connectivity index (χ2v) is 4.56. The van der Waals surface area contributed by atoms with E-state index in [1.165, 1.54) is 5.52 Å². The van der Waals surface area contributed by atoms with Crippen LogP contribution in [0.2, 0.25) is 0 Å². The highest BCUT2D eigenvalue weighted by Crippen LogP contribution is 2.14. The number of halogens is 1. The van der Waals surface area contributed by atoms with Crippen molar-refractivity contribution in [2.45, 2.75) is 0 Å². The van der Waals surface area contributed by atoms with Gasteiger partial charge in [-0.2, -0.15) is 4.57 Å². The average Bonchev–Trinajstić information content (AvgIpc) is 2.72. The van der Waals surface area contributed by atoms with Crippen LogP contribution in [0.25, 0.3) is 16.7 Å². The lowest BCUT2D eigenvalue weighted by Gasteiger charge is -1.97. The van der Waals surface area contributed by atoms with Crippen LogP contribution in [0.5, 0.6) is 0 Å². The number of hydrogen-bond acceptors (Lipinski definition) is 0. The summed E-state index contributed by atoms with van der Waals surface area (Å²) in [6.45, 7) is 0. The maximum Gasteiger partial charge on any atom is 0.247 e. The van der Waals surface area contributed by atoms with E-state index >= 15 is 0 Å². The molecule has 3 heteroatoms. The Balaban J connectivity index is 2.26. The first-order valence-corrected chi connectivity index (χ1v) is 5.87. The molecule has 0 bridgehead atoms. The van der Waals surface area contributed by atoms with Gasteiger partial charge >= 0.3 is 0 Å². The number of imidazole rings is 1. The molecule has 0 saturated heterocycles. The van der Waals surface area contributed by atoms with Gasteiger partial charge in [-0.05, 0) is 30.3 Å². The van der Waals surface area contributed by atoms with E-state index in [4.69, 9.17) is 0 Å². The van der Waals surface area contributed by atoms with Gasteiger partial charge in [-0.1, -0.05) is 34.1 Å². The van der Waals surface area contributed by atoms with Crippen molar-refractivity contribution in [2.75, 3.05) is 0 Å². The van der Waals surface area contributed by atoms with Crippen LogP contribution >= 0.6 is 15.9 Å². The summed E-state index contributed by atoms with van der Waals surface area (Å²) in [5.41, 5.74) is 3.47. The summed E-state index contributed by atoms with van der Waals surface area (Å²) in [6.07, 6.45) is 1.98. The van der Waals surface area contributed by atoms with Crippen molar-refractivity contribution in [2.24, 2.45) is 0 Å². The van der Waals surface area contributed by atoms with Crippen LogP contribution in [0.4, 0.5) is 0 Å². The highest BCUT2D eigenvalue weighted by atomic mass is 79.9. The van der Waals surface area contributed by atoms with Gasteiger partial charge in [0, 0.05) is 4.47 Å². The number of hydrogen-bond donors (Lipinski definition) is 1. The van der Waals surface area contributed by atoms with Crippen LogP contribution in [0.1, 0.15) is 0 Å². The minimum Gasteiger partial charge on any atom is -0.243 e. The Kier molecular flexibility index (Phi) is 2.26. The van der Waals surface area contributed by atoms with Gasteiger partial charge in [0.1, 0.15) is 5.69 Å². The smallest absolute Gasteiger partial charge is 0.243 e. The SMILES string of the molecule is Brc1cccc(-[n+]2c[nH]c3ccccc32)c1. The van der Waals surface area contributed by atoms with Gasteiger partial charge in [-0.25, -0.2) is 4.98 Å². The zero-order valence-corrected chi connectivity index (χ0v) is 10.1. The maximum absolute atomic E-state index is 3.49. The number of nitrogens with one attached hydrogen (secondary N) is 1. The minimum atomic E-state index is 1.09. The average molecular weight is 274 g/mol. The number of para-hydroxylation sites is 2. The third kappa shape index (κ3) is 1.53. The first kappa shape index (κ1) is 9.60. The van der Waals surface area contributed by atoms with Crippen LogP contribution in [-0.4, -0.2) is 4.98 Å². The van der Waals surface area contributed by atoms with Gasteiger partial charge in [-0.15, -0.1) is 0 Å². The normalized spacial score (nSPS) is 10.8. The largest absolute Gasteiger partial charge is 0.247 e. The third-order valence-electron chi connectivity index (χ3n) is 2.60. The van der Waals surface area contributed by atoms with Crippen LogP contribution < -0.4 is 4.57 Å². The van der Waals surface area contributed by atoms with Crippen molar-refractivity contribution in [1.82, 2.24) is 4.98 Å². The fraction of sp³-hybridized carbons (Fsp3) is 0. The molecule has 0 radical (unpaired) electrons. The van der Waals surface area contributed by atoms with Crippen molar-refractivity contribution in [3.05, 3.63) is 59.3 Å². The van der Waals surface area contributed by atoms with Crippen LogP contribution in [0.15, 0.2) is 59.3 Å². The van der Waals surface area contributed by atoms with E-state index in [1.54, 1.807) is 0 Å². The number of aromatic nitrogens is 2. The zero-order chi connectivity index (χ0) is 11.0. The summed E-state index contributed by atoms with van der Waals surface area (Å²) in [4.78, 5) is 3.25. The molecule has 16 heavy (non-hydrogen) atoms. The van der Waals surface area contributed by atoms with Gasteiger partial charge in [0.25, 0.3) is 0 Å². The van der Waals surface area contributed by atoms with E-state index in [2.05, 4.69) is 49.7 Å². The second-order valence-electron chi connectivity index (χ2n) is 3.64. The molecule has 78 valence electrons. The molecule has 1 heterocycles. The van der Waals surface area contributed by atoms with Crippen LogP contribution in [0.3, 0.4) is 0 Å². The van der Waals surface area contributed by atoms with E-state index in [9.17, 15) is 0 Å². The predicted molar refractivity (Wildman–Crippen MR) is 67.5 cm³/mol. The Morgan fingerprint density at radius 3 is 2.75 bits per heavy atom. The van der Waals surface area contributed by atoms with Gasteiger partial charge in [0.15, 0.2) is 11.0 Å². The second kappa shape index (κ2) is 3.76. The standard InChI is InChI=1S/C13H9BrN2/c14-10-4-3-5-11(8-10)16-9-15-12-6-1-2-7-13(12)16/h1-9H/p+1. The quantitative estimate of drug-likeness (QED) is 0.657. The molecule has 0 aliphatic rings. The molecule has 1 N–H and O–H groups in total. The zero-order valence-electron chi connectivity index (χ0n) is 8.52. The lowest BCUT2D eigenvalue weighted by atomic mass is 10.3. The van der Waals surface area contributed by atoms with Crippen LogP contribution in [0, 0.1) is 0 Å². The molecule has 1 aromatic heterocycles. The first-order chi connectivity index (χ1) is 7.84. The Bertz CT molecular complexity index is 643. The van der Waals surface area contributed by atoms with E-state index in [1.807, 2.05) is 30.6 Å². The lowest BCUT2D eigenvalue weighted by Crippen LogP contribution is -2.28. The van der Waals surface area contributed by atoms with E-state index in [0.29, 0.717) is 0 Å². The van der Waals surface area contributed by atoms with Gasteiger partial charge in [-0.3, -0.25) is 0 Å². The molecule has 2 aromatic carbocycles. The van der Waals surface area contributed by atoms with E-state index in [-0.39, 0.29) is 0 Å². The van der Waals surface area contributed by atoms with Gasteiger partial charge in [0.05, 0.1) is 0 Å². The van der Waals surface area contributed by atoms with Crippen molar-refractivity contribution in [3.63, 3.8) is 0 Å². The highest BCUT2D eigenvalue weighted by Gasteiger charge is 2.10. The molecular formula is C13H10BrN2+. The molecule has 0 fully saturated rings. The summed E-state index contributed by atoms with van der Waals surface area (Å²) in [5, 5.41) is 0. The lowest BCUT2D eigenvalue weighted by molar-refractivity contribution is -0.567. The van der Waals surface area contributed by atoms with Crippen molar-refractivity contribution < 1.29 is 4.57 Å². The Hall–Kier alpha value is -1.61. The number of rotatable bonds is 1. The highest BCUT2D eigenvalue weighted by molar-refractivity contribution is 9.10. The molecule has 0 unspecified atom stereocenters. The fourth-order valence-electron chi connectivity index (χ4n) is 1.85. The van der Waals surface area contributed by atoms with Gasteiger partial charge < -0.3 is 0 Å². The number of nitrogens with zero attached hydrogens (tertiary/aromatic N) is 1. The summed E-state index contributed by atoms with van der Waals surface area (Å²) >= 11 is 3.49. The molecule has 3 rings (SSSR count). The third-order valence-corrected chi connectivity index (χ3v) is 3.09. The molecule has 0 saturated carbocycles. The molecule has 3 aromatic rings. The fourth-order valence-corrected chi connectivity index (χ4v) is 2.24. The molecule has 0 aliphatic heterocycles.